The van der Waals surface area contributed by atoms with Gasteiger partial charge in [0, 0.05) is 11.1 Å². The Kier molecular flexibility index (Phi) is 5.62. The van der Waals surface area contributed by atoms with Gasteiger partial charge in [-0.25, -0.2) is 4.79 Å². The maximum Gasteiger partial charge on any atom is 0.338 e. The minimum atomic E-state index is -0.455. The zero-order valence-electron chi connectivity index (χ0n) is 15.5. The molecule has 1 N–H and O–H groups in total. The largest absolute Gasteiger partial charge is 0.462 e. The third kappa shape index (κ3) is 4.69. The van der Waals surface area contributed by atoms with Crippen LogP contribution in [-0.4, -0.2) is 18.5 Å². The lowest BCUT2D eigenvalue weighted by Crippen LogP contribution is -2.27. The number of hydrogen-bond acceptors (Lipinski definition) is 3. The highest BCUT2D eigenvalue weighted by atomic mass is 16.5. The molecular formula is C21H25NO3. The fraction of sp³-hybridized carbons (Fsp3) is 0.333. The van der Waals surface area contributed by atoms with Crippen molar-refractivity contribution in [3.8, 4) is 11.1 Å². The molecule has 4 heteroatoms. The van der Waals surface area contributed by atoms with Gasteiger partial charge in [-0.3, -0.25) is 4.79 Å². The summed E-state index contributed by atoms with van der Waals surface area (Å²) < 4.78 is 5.00. The van der Waals surface area contributed by atoms with E-state index in [1.54, 1.807) is 19.1 Å². The highest BCUT2D eigenvalue weighted by Gasteiger charge is 2.21. The number of anilines is 1. The first-order valence-electron chi connectivity index (χ1n) is 8.42. The van der Waals surface area contributed by atoms with Gasteiger partial charge in [-0.1, -0.05) is 45.0 Å². The fourth-order valence-corrected chi connectivity index (χ4v) is 2.26. The van der Waals surface area contributed by atoms with Crippen molar-refractivity contribution in [1.29, 1.82) is 0 Å². The molecule has 2 rings (SSSR count). The van der Waals surface area contributed by atoms with E-state index in [0.717, 1.165) is 22.4 Å². The number of hydrogen-bond donors (Lipinski definition) is 1. The summed E-state index contributed by atoms with van der Waals surface area (Å²) in [4.78, 5) is 24.0. The third-order valence-electron chi connectivity index (χ3n) is 3.90. The molecule has 0 saturated carbocycles. The maximum absolute atomic E-state index is 12.3. The van der Waals surface area contributed by atoms with Crippen molar-refractivity contribution in [2.75, 3.05) is 11.9 Å². The normalized spacial score (nSPS) is 11.1. The van der Waals surface area contributed by atoms with Crippen molar-refractivity contribution in [2.24, 2.45) is 5.41 Å². The number of aryl methyl sites for hydroxylation is 1. The van der Waals surface area contributed by atoms with Crippen LogP contribution in [0.15, 0.2) is 42.5 Å². The third-order valence-corrected chi connectivity index (χ3v) is 3.90. The summed E-state index contributed by atoms with van der Waals surface area (Å²) in [5.41, 5.74) is 3.82. The molecule has 0 aliphatic carbocycles. The average molecular weight is 339 g/mol. The van der Waals surface area contributed by atoms with Crippen LogP contribution in [0.1, 0.15) is 43.6 Å². The SMILES string of the molecule is CCOC(=O)c1ccc(-c2ccc(C)c(NC(=O)C(C)(C)C)c2)cc1. The maximum atomic E-state index is 12.3. The van der Waals surface area contributed by atoms with Crippen LogP contribution in [0.3, 0.4) is 0 Å². The van der Waals surface area contributed by atoms with Crippen molar-refractivity contribution >= 4 is 17.6 Å². The molecule has 0 atom stereocenters. The van der Waals surface area contributed by atoms with Crippen molar-refractivity contribution in [2.45, 2.75) is 34.6 Å². The number of amides is 1. The summed E-state index contributed by atoms with van der Waals surface area (Å²) in [7, 11) is 0. The van der Waals surface area contributed by atoms with Gasteiger partial charge in [-0.05, 0) is 48.7 Å². The predicted molar refractivity (Wildman–Crippen MR) is 101 cm³/mol. The van der Waals surface area contributed by atoms with E-state index in [9.17, 15) is 9.59 Å². The van der Waals surface area contributed by atoms with E-state index in [2.05, 4.69) is 5.32 Å². The van der Waals surface area contributed by atoms with Crippen LogP contribution < -0.4 is 5.32 Å². The molecule has 132 valence electrons. The molecule has 2 aromatic rings. The Morgan fingerprint density at radius 2 is 1.60 bits per heavy atom. The summed E-state index contributed by atoms with van der Waals surface area (Å²) in [6.07, 6.45) is 0. The Hall–Kier alpha value is -2.62. The summed E-state index contributed by atoms with van der Waals surface area (Å²) in [6, 6.07) is 13.2. The van der Waals surface area contributed by atoms with E-state index in [-0.39, 0.29) is 11.9 Å². The molecule has 0 aliphatic rings. The van der Waals surface area contributed by atoms with E-state index in [0.29, 0.717) is 12.2 Å². The van der Waals surface area contributed by atoms with E-state index in [1.165, 1.54) is 0 Å². The minimum Gasteiger partial charge on any atom is -0.462 e. The Morgan fingerprint density at radius 1 is 1.00 bits per heavy atom. The zero-order valence-corrected chi connectivity index (χ0v) is 15.5. The summed E-state index contributed by atoms with van der Waals surface area (Å²) in [5, 5.41) is 2.99. The van der Waals surface area contributed by atoms with E-state index >= 15 is 0 Å². The molecule has 0 saturated heterocycles. The van der Waals surface area contributed by atoms with Crippen molar-refractivity contribution in [1.82, 2.24) is 0 Å². The van der Waals surface area contributed by atoms with Crippen LogP contribution in [0.2, 0.25) is 0 Å². The molecule has 0 heterocycles. The van der Waals surface area contributed by atoms with Crippen LogP contribution in [0.25, 0.3) is 11.1 Å². The van der Waals surface area contributed by atoms with Gasteiger partial charge in [0.1, 0.15) is 0 Å². The number of ether oxygens (including phenoxy) is 1. The second-order valence-corrected chi connectivity index (χ2v) is 7.03. The number of nitrogens with one attached hydrogen (secondary N) is 1. The fourth-order valence-electron chi connectivity index (χ4n) is 2.26. The van der Waals surface area contributed by atoms with Gasteiger partial charge >= 0.3 is 5.97 Å². The predicted octanol–water partition coefficient (Wildman–Crippen LogP) is 4.82. The van der Waals surface area contributed by atoms with Gasteiger partial charge in [-0.2, -0.15) is 0 Å². The minimum absolute atomic E-state index is 0.0228. The van der Waals surface area contributed by atoms with Crippen molar-refractivity contribution < 1.29 is 14.3 Å². The van der Waals surface area contributed by atoms with Gasteiger partial charge in [0.2, 0.25) is 5.91 Å². The summed E-state index contributed by atoms with van der Waals surface area (Å²) >= 11 is 0. The van der Waals surface area contributed by atoms with Crippen LogP contribution in [0.5, 0.6) is 0 Å². The molecule has 0 aliphatic heterocycles. The second kappa shape index (κ2) is 7.51. The molecule has 1 amide bonds. The molecule has 25 heavy (non-hydrogen) atoms. The lowest BCUT2D eigenvalue weighted by Gasteiger charge is -2.19. The first-order chi connectivity index (χ1) is 11.7. The standard InChI is InChI=1S/C21H25NO3/c1-6-25-19(23)16-11-9-15(10-12-16)17-8-7-14(2)18(13-17)22-20(24)21(3,4)5/h7-13H,6H2,1-5H3,(H,22,24). The van der Waals surface area contributed by atoms with E-state index in [1.807, 2.05) is 58.0 Å². The molecule has 0 spiro atoms. The first kappa shape index (κ1) is 18.7. The topological polar surface area (TPSA) is 55.4 Å². The molecular weight excluding hydrogens is 314 g/mol. The Balaban J connectivity index is 2.27. The van der Waals surface area contributed by atoms with Crippen LogP contribution in [-0.2, 0) is 9.53 Å². The quantitative estimate of drug-likeness (QED) is 0.812. The van der Waals surface area contributed by atoms with Gasteiger partial charge in [-0.15, -0.1) is 0 Å². The molecule has 0 bridgehead atoms. The lowest BCUT2D eigenvalue weighted by atomic mass is 9.95. The van der Waals surface area contributed by atoms with Crippen LogP contribution in [0.4, 0.5) is 5.69 Å². The van der Waals surface area contributed by atoms with Crippen molar-refractivity contribution in [3.05, 3.63) is 53.6 Å². The monoisotopic (exact) mass is 339 g/mol. The Labute approximate surface area is 149 Å². The van der Waals surface area contributed by atoms with E-state index in [4.69, 9.17) is 4.74 Å². The number of rotatable bonds is 4. The summed E-state index contributed by atoms with van der Waals surface area (Å²) in [6.45, 7) is 9.76. The van der Waals surface area contributed by atoms with Gasteiger partial charge in [0.25, 0.3) is 0 Å². The molecule has 0 fully saturated rings. The van der Waals surface area contributed by atoms with Gasteiger partial charge in [0.15, 0.2) is 0 Å². The molecule has 0 aromatic heterocycles. The lowest BCUT2D eigenvalue weighted by molar-refractivity contribution is -0.123. The number of esters is 1. The van der Waals surface area contributed by atoms with Crippen molar-refractivity contribution in [3.63, 3.8) is 0 Å². The van der Waals surface area contributed by atoms with E-state index < -0.39 is 5.41 Å². The summed E-state index contributed by atoms with van der Waals surface area (Å²) in [5.74, 6) is -0.346. The molecule has 0 radical (unpaired) electrons. The first-order valence-corrected chi connectivity index (χ1v) is 8.42. The zero-order chi connectivity index (χ0) is 18.6. The Morgan fingerprint density at radius 3 is 2.16 bits per heavy atom. The second-order valence-electron chi connectivity index (χ2n) is 7.03. The van der Waals surface area contributed by atoms with Gasteiger partial charge in [0.05, 0.1) is 12.2 Å². The highest BCUT2D eigenvalue weighted by molar-refractivity contribution is 5.96. The smallest absolute Gasteiger partial charge is 0.338 e. The number of benzene rings is 2. The number of carbonyl (C=O) groups excluding carboxylic acids is 2. The van der Waals surface area contributed by atoms with Crippen LogP contribution in [0, 0.1) is 12.3 Å². The van der Waals surface area contributed by atoms with Crippen LogP contribution >= 0.6 is 0 Å². The van der Waals surface area contributed by atoms with Gasteiger partial charge < -0.3 is 10.1 Å². The number of carbonyl (C=O) groups is 2. The average Bonchev–Trinajstić information content (AvgIpc) is 2.56. The molecule has 2 aromatic carbocycles. The Bertz CT molecular complexity index is 771. The molecule has 0 unspecified atom stereocenters. The highest BCUT2D eigenvalue weighted by Crippen LogP contribution is 2.27. The molecule has 4 nitrogen and oxygen atoms in total.